The van der Waals surface area contributed by atoms with Gasteiger partial charge in [0.15, 0.2) is 5.65 Å². The van der Waals surface area contributed by atoms with E-state index in [4.69, 9.17) is 5.26 Å². The Balaban J connectivity index is 1.89. The molecule has 0 saturated heterocycles. The van der Waals surface area contributed by atoms with E-state index in [9.17, 15) is 0 Å². The quantitative estimate of drug-likeness (QED) is 0.569. The molecule has 0 saturated carbocycles. The molecule has 0 atom stereocenters. The van der Waals surface area contributed by atoms with E-state index in [0.29, 0.717) is 5.56 Å². The van der Waals surface area contributed by atoms with E-state index in [0.717, 1.165) is 28.2 Å². The lowest BCUT2D eigenvalue weighted by atomic mass is 10.1. The molecule has 3 aromatic heterocycles. The Morgan fingerprint density at radius 2 is 1.87 bits per heavy atom. The van der Waals surface area contributed by atoms with Crippen molar-refractivity contribution in [1.82, 2.24) is 19.6 Å². The highest BCUT2D eigenvalue weighted by atomic mass is 15.3. The Hall–Kier alpha value is -3.52. The number of pyridine rings is 1. The molecule has 0 amide bonds. The van der Waals surface area contributed by atoms with E-state index in [1.54, 1.807) is 29.2 Å². The molecule has 0 aliphatic rings. The fraction of sp³-hybridized carbons (Fsp3) is 0. The smallest absolute Gasteiger partial charge is 0.154 e. The summed E-state index contributed by atoms with van der Waals surface area (Å²) >= 11 is 0. The van der Waals surface area contributed by atoms with Crippen LogP contribution in [0, 0.1) is 11.3 Å². The van der Waals surface area contributed by atoms with Gasteiger partial charge < -0.3 is 0 Å². The zero-order chi connectivity index (χ0) is 15.6. The second-order valence-corrected chi connectivity index (χ2v) is 5.07. The molecule has 23 heavy (non-hydrogen) atoms. The Kier molecular flexibility index (Phi) is 3.06. The van der Waals surface area contributed by atoms with Crippen LogP contribution in [0.3, 0.4) is 0 Å². The Labute approximate surface area is 132 Å². The minimum absolute atomic E-state index is 0.613. The summed E-state index contributed by atoms with van der Waals surface area (Å²) in [5.74, 6) is 0. The van der Waals surface area contributed by atoms with E-state index < -0.39 is 0 Å². The molecule has 0 aliphatic carbocycles. The number of nitriles is 1. The van der Waals surface area contributed by atoms with Gasteiger partial charge in [0.25, 0.3) is 0 Å². The first kappa shape index (κ1) is 13.2. The number of benzene rings is 1. The zero-order valence-electron chi connectivity index (χ0n) is 12.1. The van der Waals surface area contributed by atoms with Crippen molar-refractivity contribution < 1.29 is 0 Å². The van der Waals surface area contributed by atoms with Crippen LogP contribution in [0.15, 0.2) is 67.1 Å². The molecule has 5 heteroatoms. The topological polar surface area (TPSA) is 66.9 Å². The lowest BCUT2D eigenvalue weighted by molar-refractivity contribution is 0.948. The normalized spacial score (nSPS) is 10.6. The molecule has 108 valence electrons. The van der Waals surface area contributed by atoms with Crippen LogP contribution >= 0.6 is 0 Å². The van der Waals surface area contributed by atoms with Crippen LogP contribution in [0.5, 0.6) is 0 Å². The minimum atomic E-state index is 0.613. The van der Waals surface area contributed by atoms with E-state index in [1.165, 1.54) is 0 Å². The van der Waals surface area contributed by atoms with Crippen molar-refractivity contribution in [3.05, 3.63) is 72.7 Å². The Bertz CT molecular complexity index is 1030. The van der Waals surface area contributed by atoms with Crippen molar-refractivity contribution in [1.29, 1.82) is 5.26 Å². The summed E-state index contributed by atoms with van der Waals surface area (Å²) in [6.07, 6.45) is 5.31. The molecule has 5 nitrogen and oxygen atoms in total. The van der Waals surface area contributed by atoms with Gasteiger partial charge >= 0.3 is 0 Å². The van der Waals surface area contributed by atoms with E-state index in [-0.39, 0.29) is 0 Å². The van der Waals surface area contributed by atoms with E-state index in [1.807, 2.05) is 42.5 Å². The first-order valence-corrected chi connectivity index (χ1v) is 7.11. The maximum atomic E-state index is 9.05. The molecule has 0 fully saturated rings. The molecule has 1 aromatic carbocycles. The maximum Gasteiger partial charge on any atom is 0.154 e. The van der Waals surface area contributed by atoms with Crippen molar-refractivity contribution in [2.45, 2.75) is 0 Å². The maximum absolute atomic E-state index is 9.05. The van der Waals surface area contributed by atoms with Crippen molar-refractivity contribution >= 4 is 5.65 Å². The van der Waals surface area contributed by atoms with Crippen LogP contribution in [0.1, 0.15) is 5.56 Å². The molecule has 0 spiro atoms. The summed E-state index contributed by atoms with van der Waals surface area (Å²) in [5, 5.41) is 13.7. The second-order valence-electron chi connectivity index (χ2n) is 5.07. The molecule has 0 N–H and O–H groups in total. The number of aromatic nitrogens is 4. The molecule has 4 rings (SSSR count). The number of hydrogen-bond donors (Lipinski definition) is 0. The number of rotatable bonds is 2. The van der Waals surface area contributed by atoms with Crippen molar-refractivity contribution in [2.24, 2.45) is 0 Å². The third-order valence-corrected chi connectivity index (χ3v) is 3.61. The summed E-state index contributed by atoms with van der Waals surface area (Å²) in [6, 6.07) is 17.2. The largest absolute Gasteiger partial charge is 0.264 e. The number of hydrogen-bond acceptors (Lipinski definition) is 4. The van der Waals surface area contributed by atoms with Gasteiger partial charge in [-0.25, -0.2) is 9.50 Å². The van der Waals surface area contributed by atoms with Gasteiger partial charge in [-0.2, -0.15) is 10.4 Å². The predicted molar refractivity (Wildman–Crippen MR) is 86.4 cm³/mol. The molecular weight excluding hydrogens is 286 g/mol. The summed E-state index contributed by atoms with van der Waals surface area (Å²) in [7, 11) is 0. The lowest BCUT2D eigenvalue weighted by Crippen LogP contribution is -1.97. The van der Waals surface area contributed by atoms with Gasteiger partial charge in [-0.3, -0.25) is 4.98 Å². The Morgan fingerprint density at radius 3 is 2.70 bits per heavy atom. The highest BCUT2D eigenvalue weighted by Crippen LogP contribution is 2.22. The predicted octanol–water partition coefficient (Wildman–Crippen LogP) is 3.33. The van der Waals surface area contributed by atoms with Gasteiger partial charge in [-0.05, 0) is 36.4 Å². The van der Waals surface area contributed by atoms with Gasteiger partial charge in [0.05, 0.1) is 29.2 Å². The monoisotopic (exact) mass is 297 g/mol. The Morgan fingerprint density at radius 1 is 0.957 bits per heavy atom. The van der Waals surface area contributed by atoms with Gasteiger partial charge in [0.2, 0.25) is 0 Å². The molecule has 0 radical (unpaired) electrons. The van der Waals surface area contributed by atoms with Crippen LogP contribution < -0.4 is 0 Å². The van der Waals surface area contributed by atoms with Crippen molar-refractivity contribution in [3.63, 3.8) is 0 Å². The van der Waals surface area contributed by atoms with Gasteiger partial charge in [-0.1, -0.05) is 12.1 Å². The molecule has 0 aliphatic heterocycles. The summed E-state index contributed by atoms with van der Waals surface area (Å²) in [4.78, 5) is 8.53. The lowest BCUT2D eigenvalue weighted by Gasteiger charge is -2.04. The summed E-state index contributed by atoms with van der Waals surface area (Å²) in [5.41, 5.74) is 4.91. The van der Waals surface area contributed by atoms with Gasteiger partial charge in [0, 0.05) is 23.5 Å². The first-order valence-electron chi connectivity index (χ1n) is 7.11. The molecular formula is C18H11N5. The average Bonchev–Trinajstić information content (AvgIpc) is 3.05. The standard InChI is InChI=1S/C18H11N5/c19-10-13-3-1-4-14(9-13)16-6-7-18-21-12-17(23(18)22-16)15-5-2-8-20-11-15/h1-9,11-12H. The first-order chi connectivity index (χ1) is 11.3. The molecule has 3 heterocycles. The molecule has 0 unspecified atom stereocenters. The third kappa shape index (κ3) is 2.32. The zero-order valence-corrected chi connectivity index (χ0v) is 12.1. The van der Waals surface area contributed by atoms with Crippen molar-refractivity contribution in [2.75, 3.05) is 0 Å². The van der Waals surface area contributed by atoms with Crippen LogP contribution in [-0.2, 0) is 0 Å². The number of fused-ring (bicyclic) bond motifs is 1. The van der Waals surface area contributed by atoms with Crippen LogP contribution in [-0.4, -0.2) is 19.6 Å². The van der Waals surface area contributed by atoms with Crippen LogP contribution in [0.2, 0.25) is 0 Å². The summed E-state index contributed by atoms with van der Waals surface area (Å²) < 4.78 is 1.80. The second kappa shape index (κ2) is 5.35. The van der Waals surface area contributed by atoms with Crippen LogP contribution in [0.4, 0.5) is 0 Å². The fourth-order valence-corrected chi connectivity index (χ4v) is 2.49. The summed E-state index contributed by atoms with van der Waals surface area (Å²) in [6.45, 7) is 0. The number of imidazole rings is 1. The van der Waals surface area contributed by atoms with Gasteiger partial charge in [0.1, 0.15) is 0 Å². The minimum Gasteiger partial charge on any atom is -0.264 e. The van der Waals surface area contributed by atoms with Crippen molar-refractivity contribution in [3.8, 4) is 28.6 Å². The van der Waals surface area contributed by atoms with E-state index >= 15 is 0 Å². The number of nitrogens with zero attached hydrogens (tertiary/aromatic N) is 5. The average molecular weight is 297 g/mol. The van der Waals surface area contributed by atoms with Crippen LogP contribution in [0.25, 0.3) is 28.2 Å². The van der Waals surface area contributed by atoms with Gasteiger partial charge in [-0.15, -0.1) is 0 Å². The highest BCUT2D eigenvalue weighted by molar-refractivity contribution is 5.66. The fourth-order valence-electron chi connectivity index (χ4n) is 2.49. The third-order valence-electron chi connectivity index (χ3n) is 3.61. The molecule has 0 bridgehead atoms. The SMILES string of the molecule is N#Cc1cccc(-c2ccc3ncc(-c4cccnc4)n3n2)c1. The van der Waals surface area contributed by atoms with E-state index in [2.05, 4.69) is 21.1 Å². The molecule has 4 aromatic rings. The highest BCUT2D eigenvalue weighted by Gasteiger charge is 2.09.